The van der Waals surface area contributed by atoms with Gasteiger partial charge >= 0.3 is 0 Å². The smallest absolute Gasteiger partial charge is 0.267 e. The zero-order valence-corrected chi connectivity index (χ0v) is 20.5. The largest absolute Gasteiger partial charge is 0.467 e. The maximum absolute atomic E-state index is 13.8. The molecule has 8 heteroatoms. The molecule has 1 aliphatic carbocycles. The van der Waals surface area contributed by atoms with E-state index in [0.717, 1.165) is 52.1 Å². The van der Waals surface area contributed by atoms with Gasteiger partial charge in [0.2, 0.25) is 5.91 Å². The Labute approximate surface area is 200 Å². The van der Waals surface area contributed by atoms with Gasteiger partial charge in [0, 0.05) is 11.9 Å². The highest BCUT2D eigenvalue weighted by atomic mass is 32.2. The summed E-state index contributed by atoms with van der Waals surface area (Å²) in [6, 6.07) is 9.66. The highest BCUT2D eigenvalue weighted by molar-refractivity contribution is 7.99. The molecule has 0 spiro atoms. The molecule has 1 amide bonds. The van der Waals surface area contributed by atoms with E-state index in [0.29, 0.717) is 11.7 Å². The summed E-state index contributed by atoms with van der Waals surface area (Å²) in [5, 5.41) is 1.30. The lowest BCUT2D eigenvalue weighted by molar-refractivity contribution is -0.127. The summed E-state index contributed by atoms with van der Waals surface area (Å²) in [6.45, 7) is 4.50. The van der Waals surface area contributed by atoms with Gasteiger partial charge in [-0.05, 0) is 74.1 Å². The summed E-state index contributed by atoms with van der Waals surface area (Å²) in [5.41, 5.74) is 4.19. The van der Waals surface area contributed by atoms with Crippen molar-refractivity contribution >= 4 is 39.2 Å². The summed E-state index contributed by atoms with van der Waals surface area (Å²) < 4.78 is 7.04. The summed E-state index contributed by atoms with van der Waals surface area (Å²) in [4.78, 5) is 35.1. The number of fused-ring (bicyclic) bond motifs is 3. The predicted molar refractivity (Wildman–Crippen MR) is 133 cm³/mol. The molecule has 1 aliphatic rings. The van der Waals surface area contributed by atoms with Crippen LogP contribution in [0.2, 0.25) is 0 Å². The van der Waals surface area contributed by atoms with Crippen LogP contribution in [0, 0.1) is 13.8 Å². The predicted octanol–water partition coefficient (Wildman–Crippen LogP) is 4.90. The van der Waals surface area contributed by atoms with Crippen molar-refractivity contribution in [3.63, 3.8) is 0 Å². The van der Waals surface area contributed by atoms with Crippen LogP contribution < -0.4 is 5.56 Å². The van der Waals surface area contributed by atoms with Crippen molar-refractivity contribution in [1.82, 2.24) is 14.5 Å². The molecule has 0 fully saturated rings. The number of carbonyl (C=O) groups excluding carboxylic acids is 1. The Morgan fingerprint density at radius 1 is 1.24 bits per heavy atom. The minimum Gasteiger partial charge on any atom is -0.467 e. The van der Waals surface area contributed by atoms with Crippen molar-refractivity contribution in [2.45, 2.75) is 44.8 Å². The maximum atomic E-state index is 13.8. The summed E-state index contributed by atoms with van der Waals surface area (Å²) in [7, 11) is 1.75. The first-order valence-electron chi connectivity index (χ1n) is 11.0. The Bertz CT molecular complexity index is 1400. The monoisotopic (exact) mass is 479 g/mol. The van der Waals surface area contributed by atoms with Gasteiger partial charge in [0.25, 0.3) is 5.56 Å². The van der Waals surface area contributed by atoms with E-state index in [1.807, 2.05) is 37.3 Å². The molecule has 3 heterocycles. The average Bonchev–Trinajstić information content (AvgIpc) is 3.52. The van der Waals surface area contributed by atoms with Gasteiger partial charge in [-0.25, -0.2) is 4.98 Å². The number of furan rings is 1. The fourth-order valence-electron chi connectivity index (χ4n) is 4.17. The second-order valence-electron chi connectivity index (χ2n) is 8.46. The second-order valence-corrected chi connectivity index (χ2v) is 10.5. The Kier molecular flexibility index (Phi) is 5.88. The molecule has 0 bridgehead atoms. The van der Waals surface area contributed by atoms with Gasteiger partial charge in [-0.2, -0.15) is 0 Å². The van der Waals surface area contributed by atoms with Crippen molar-refractivity contribution in [2.75, 3.05) is 12.8 Å². The topological polar surface area (TPSA) is 68.3 Å². The Morgan fingerprint density at radius 2 is 2.09 bits per heavy atom. The minimum atomic E-state index is -0.0499. The molecule has 0 atom stereocenters. The Balaban J connectivity index is 1.52. The van der Waals surface area contributed by atoms with Gasteiger partial charge in [-0.1, -0.05) is 17.8 Å². The van der Waals surface area contributed by atoms with E-state index < -0.39 is 0 Å². The molecule has 0 saturated carbocycles. The number of hydrogen-bond acceptors (Lipinski definition) is 6. The number of aryl methyl sites for hydroxylation is 4. The van der Waals surface area contributed by atoms with E-state index >= 15 is 0 Å². The van der Waals surface area contributed by atoms with E-state index in [1.54, 1.807) is 34.1 Å². The second kappa shape index (κ2) is 8.83. The molecule has 5 rings (SSSR count). The molecule has 33 heavy (non-hydrogen) atoms. The third-order valence-electron chi connectivity index (χ3n) is 6.18. The number of carbonyl (C=O) groups is 1. The molecule has 0 unspecified atom stereocenters. The third kappa shape index (κ3) is 4.13. The molecule has 4 aromatic rings. The zero-order chi connectivity index (χ0) is 23.1. The number of thiophene rings is 1. The van der Waals surface area contributed by atoms with Crippen LogP contribution in [0.15, 0.2) is 51.0 Å². The SMILES string of the molecule is Cc1ccc(-n2c(SCC(=O)N(C)Cc3ccco3)nc3sc4c(c3c2=O)CCC4)cc1C. The molecular formula is C25H25N3O3S2. The van der Waals surface area contributed by atoms with Crippen LogP contribution in [-0.2, 0) is 24.2 Å². The number of amides is 1. The number of hydrogen-bond donors (Lipinski definition) is 0. The number of thioether (sulfide) groups is 1. The van der Waals surface area contributed by atoms with Crippen LogP contribution in [0.4, 0.5) is 0 Å². The Hall–Kier alpha value is -2.84. The lowest BCUT2D eigenvalue weighted by atomic mass is 10.1. The van der Waals surface area contributed by atoms with E-state index in [2.05, 4.69) is 6.92 Å². The van der Waals surface area contributed by atoms with Crippen LogP contribution >= 0.6 is 23.1 Å². The molecule has 0 N–H and O–H groups in total. The van der Waals surface area contributed by atoms with E-state index in [4.69, 9.17) is 9.40 Å². The van der Waals surface area contributed by atoms with Crippen LogP contribution in [0.1, 0.15) is 33.7 Å². The lowest BCUT2D eigenvalue weighted by Crippen LogP contribution is -2.28. The van der Waals surface area contributed by atoms with E-state index in [-0.39, 0.29) is 17.2 Å². The fourth-order valence-corrected chi connectivity index (χ4v) is 6.43. The molecule has 170 valence electrons. The minimum absolute atomic E-state index is 0.0402. The van der Waals surface area contributed by atoms with Crippen LogP contribution in [0.3, 0.4) is 0 Å². The van der Waals surface area contributed by atoms with Gasteiger partial charge in [0.15, 0.2) is 5.16 Å². The molecule has 0 aliphatic heterocycles. The number of aromatic nitrogens is 2. The fraction of sp³-hybridized carbons (Fsp3) is 0.320. The van der Waals surface area contributed by atoms with Gasteiger partial charge in [-0.15, -0.1) is 11.3 Å². The van der Waals surface area contributed by atoms with Crippen LogP contribution in [0.5, 0.6) is 0 Å². The van der Waals surface area contributed by atoms with Crippen molar-refractivity contribution in [3.05, 3.63) is 74.3 Å². The molecule has 3 aromatic heterocycles. The summed E-state index contributed by atoms with van der Waals surface area (Å²) >= 11 is 2.93. The molecule has 1 aromatic carbocycles. The highest BCUT2D eigenvalue weighted by Gasteiger charge is 2.24. The first-order valence-corrected chi connectivity index (χ1v) is 12.8. The standard InChI is InChI=1S/C25H25N3O3S2/c1-15-9-10-17(12-16(15)2)28-24(30)22-19-7-4-8-20(19)33-23(22)26-25(28)32-14-21(29)27(3)13-18-6-5-11-31-18/h5-6,9-12H,4,7-8,13-14H2,1-3H3. The first kappa shape index (κ1) is 22.0. The van der Waals surface area contributed by atoms with E-state index in [9.17, 15) is 9.59 Å². The van der Waals surface area contributed by atoms with Gasteiger partial charge in [0.05, 0.1) is 29.6 Å². The van der Waals surface area contributed by atoms with Crippen molar-refractivity contribution in [2.24, 2.45) is 0 Å². The van der Waals surface area contributed by atoms with Gasteiger partial charge in [0.1, 0.15) is 10.6 Å². The maximum Gasteiger partial charge on any atom is 0.267 e. The van der Waals surface area contributed by atoms with E-state index in [1.165, 1.54) is 22.2 Å². The molecule has 0 saturated heterocycles. The zero-order valence-electron chi connectivity index (χ0n) is 18.9. The highest BCUT2D eigenvalue weighted by Crippen LogP contribution is 2.36. The summed E-state index contributed by atoms with van der Waals surface area (Å²) in [5.74, 6) is 0.868. The quantitative estimate of drug-likeness (QED) is 0.291. The molecule has 6 nitrogen and oxygen atoms in total. The summed E-state index contributed by atoms with van der Waals surface area (Å²) in [6.07, 6.45) is 4.63. The number of nitrogens with zero attached hydrogens (tertiary/aromatic N) is 3. The van der Waals surface area contributed by atoms with Crippen molar-refractivity contribution in [1.29, 1.82) is 0 Å². The third-order valence-corrected chi connectivity index (χ3v) is 8.29. The van der Waals surface area contributed by atoms with Gasteiger partial charge < -0.3 is 9.32 Å². The Morgan fingerprint density at radius 3 is 2.85 bits per heavy atom. The molecule has 0 radical (unpaired) electrons. The van der Waals surface area contributed by atoms with Crippen LogP contribution in [-0.4, -0.2) is 33.2 Å². The normalized spacial score (nSPS) is 12.9. The number of rotatable bonds is 6. The van der Waals surface area contributed by atoms with Crippen molar-refractivity contribution in [3.8, 4) is 5.69 Å². The van der Waals surface area contributed by atoms with Crippen molar-refractivity contribution < 1.29 is 9.21 Å². The first-order chi connectivity index (χ1) is 15.9. The lowest BCUT2D eigenvalue weighted by Gasteiger charge is -2.17. The number of benzene rings is 1. The molecular weight excluding hydrogens is 454 g/mol. The van der Waals surface area contributed by atoms with Gasteiger partial charge in [-0.3, -0.25) is 14.2 Å². The van der Waals surface area contributed by atoms with Crippen LogP contribution in [0.25, 0.3) is 15.9 Å². The average molecular weight is 480 g/mol.